The highest BCUT2D eigenvalue weighted by Gasteiger charge is 2.10. The Morgan fingerprint density at radius 1 is 1.40 bits per heavy atom. The first-order chi connectivity index (χ1) is 7.00. The summed E-state index contributed by atoms with van der Waals surface area (Å²) < 4.78 is 0. The predicted octanol–water partition coefficient (Wildman–Crippen LogP) is 3.24. The second kappa shape index (κ2) is 4.87. The van der Waals surface area contributed by atoms with E-state index in [2.05, 4.69) is 11.6 Å². The molecule has 0 aliphatic carbocycles. The Bertz CT molecular complexity index is 394. The summed E-state index contributed by atoms with van der Waals surface area (Å²) in [6.07, 6.45) is 2.99. The predicted molar refractivity (Wildman–Crippen MR) is 62.1 cm³/mol. The van der Waals surface area contributed by atoms with E-state index in [0.29, 0.717) is 12.1 Å². The summed E-state index contributed by atoms with van der Waals surface area (Å²) in [6.45, 7) is 9.62. The zero-order valence-corrected chi connectivity index (χ0v) is 9.63. The Kier molecular flexibility index (Phi) is 3.78. The van der Waals surface area contributed by atoms with Gasteiger partial charge in [-0.2, -0.15) is 0 Å². The lowest BCUT2D eigenvalue weighted by Gasteiger charge is -2.04. The van der Waals surface area contributed by atoms with Gasteiger partial charge < -0.3 is 0 Å². The first-order valence-corrected chi connectivity index (χ1v) is 5.11. The number of aromatic nitrogens is 1. The van der Waals surface area contributed by atoms with Crippen molar-refractivity contribution < 1.29 is 4.79 Å². The second-order valence-electron chi connectivity index (χ2n) is 4.06. The van der Waals surface area contributed by atoms with Crippen LogP contribution in [0.5, 0.6) is 0 Å². The summed E-state index contributed by atoms with van der Waals surface area (Å²) in [7, 11) is 0. The Morgan fingerprint density at radius 2 is 2.07 bits per heavy atom. The van der Waals surface area contributed by atoms with Gasteiger partial charge in [0.1, 0.15) is 5.69 Å². The second-order valence-corrected chi connectivity index (χ2v) is 4.06. The minimum Gasteiger partial charge on any atom is -0.292 e. The SMILES string of the molecule is C=C(C)CCC(=O)c1ncc(C)cc1C. The molecule has 0 amide bonds. The van der Waals surface area contributed by atoms with Crippen LogP contribution in [-0.4, -0.2) is 10.8 Å². The number of nitrogens with zero attached hydrogens (tertiary/aromatic N) is 1. The summed E-state index contributed by atoms with van der Waals surface area (Å²) >= 11 is 0. The molecule has 0 aliphatic heterocycles. The number of hydrogen-bond donors (Lipinski definition) is 0. The molecule has 0 atom stereocenters. The molecule has 0 radical (unpaired) electrons. The molecule has 0 bridgehead atoms. The van der Waals surface area contributed by atoms with E-state index >= 15 is 0 Å². The zero-order chi connectivity index (χ0) is 11.4. The van der Waals surface area contributed by atoms with Crippen LogP contribution in [0.15, 0.2) is 24.4 Å². The third-order valence-electron chi connectivity index (χ3n) is 2.26. The first-order valence-electron chi connectivity index (χ1n) is 5.11. The van der Waals surface area contributed by atoms with Crippen LogP contribution < -0.4 is 0 Å². The summed E-state index contributed by atoms with van der Waals surface area (Å²) in [5.74, 6) is 0.107. The lowest BCUT2D eigenvalue weighted by atomic mass is 10.0. The average Bonchev–Trinajstić information content (AvgIpc) is 2.14. The average molecular weight is 203 g/mol. The topological polar surface area (TPSA) is 30.0 Å². The molecule has 0 saturated heterocycles. The minimum atomic E-state index is 0.107. The maximum atomic E-state index is 11.8. The number of hydrogen-bond acceptors (Lipinski definition) is 2. The lowest BCUT2D eigenvalue weighted by molar-refractivity contribution is 0.0977. The van der Waals surface area contributed by atoms with Crippen LogP contribution in [0.3, 0.4) is 0 Å². The lowest BCUT2D eigenvalue weighted by Crippen LogP contribution is -2.05. The third kappa shape index (κ3) is 3.31. The Morgan fingerprint density at radius 3 is 2.60 bits per heavy atom. The molecule has 0 aliphatic rings. The number of Topliss-reactive ketones (excluding diaryl/α,β-unsaturated/α-hetero) is 1. The van der Waals surface area contributed by atoms with Crippen LogP contribution >= 0.6 is 0 Å². The van der Waals surface area contributed by atoms with Crippen molar-refractivity contribution in [2.24, 2.45) is 0 Å². The van der Waals surface area contributed by atoms with Gasteiger partial charge in [-0.05, 0) is 38.3 Å². The van der Waals surface area contributed by atoms with E-state index in [9.17, 15) is 4.79 Å². The van der Waals surface area contributed by atoms with Gasteiger partial charge in [-0.3, -0.25) is 9.78 Å². The summed E-state index contributed by atoms with van der Waals surface area (Å²) in [5.41, 5.74) is 3.68. The molecule has 15 heavy (non-hydrogen) atoms. The number of ketones is 1. The summed E-state index contributed by atoms with van der Waals surface area (Å²) in [4.78, 5) is 16.0. The van der Waals surface area contributed by atoms with E-state index in [1.165, 1.54) is 0 Å². The first kappa shape index (κ1) is 11.6. The molecule has 0 saturated carbocycles. The number of carbonyl (C=O) groups is 1. The van der Waals surface area contributed by atoms with Crippen molar-refractivity contribution in [2.75, 3.05) is 0 Å². The minimum absolute atomic E-state index is 0.107. The molecule has 2 nitrogen and oxygen atoms in total. The maximum absolute atomic E-state index is 11.8. The maximum Gasteiger partial charge on any atom is 0.181 e. The molecule has 0 aromatic carbocycles. The molecule has 0 unspecified atom stereocenters. The van der Waals surface area contributed by atoms with Crippen LogP contribution in [0, 0.1) is 13.8 Å². The Balaban J connectivity index is 2.78. The van der Waals surface area contributed by atoms with Crippen molar-refractivity contribution in [1.29, 1.82) is 0 Å². The van der Waals surface area contributed by atoms with Gasteiger partial charge in [0.05, 0.1) is 0 Å². The number of aryl methyl sites for hydroxylation is 2. The molecule has 0 N–H and O–H groups in total. The standard InChI is InChI=1S/C13H17NO/c1-9(2)5-6-12(15)13-11(4)7-10(3)8-14-13/h7-8H,1,5-6H2,2-4H3. The molecule has 1 rings (SSSR count). The van der Waals surface area contributed by atoms with E-state index in [4.69, 9.17) is 0 Å². The van der Waals surface area contributed by atoms with Gasteiger partial charge in [-0.1, -0.05) is 11.6 Å². The van der Waals surface area contributed by atoms with Gasteiger partial charge >= 0.3 is 0 Å². The molecule has 0 spiro atoms. The molecular formula is C13H17NO. The Labute approximate surface area is 91.0 Å². The number of pyridine rings is 1. The monoisotopic (exact) mass is 203 g/mol. The fourth-order valence-electron chi connectivity index (χ4n) is 1.45. The molecule has 1 aromatic rings. The van der Waals surface area contributed by atoms with E-state index in [-0.39, 0.29) is 5.78 Å². The van der Waals surface area contributed by atoms with Crippen LogP contribution in [-0.2, 0) is 0 Å². The van der Waals surface area contributed by atoms with Crippen LogP contribution in [0.1, 0.15) is 41.4 Å². The van der Waals surface area contributed by atoms with Crippen molar-refractivity contribution in [2.45, 2.75) is 33.6 Å². The Hall–Kier alpha value is -1.44. The highest BCUT2D eigenvalue weighted by molar-refractivity contribution is 5.95. The van der Waals surface area contributed by atoms with E-state index in [1.54, 1.807) is 6.20 Å². The summed E-state index contributed by atoms with van der Waals surface area (Å²) in [6, 6.07) is 1.99. The molecule has 1 heterocycles. The molecule has 2 heteroatoms. The fourth-order valence-corrected chi connectivity index (χ4v) is 1.45. The molecule has 80 valence electrons. The van der Waals surface area contributed by atoms with Gasteiger partial charge in [0.25, 0.3) is 0 Å². The largest absolute Gasteiger partial charge is 0.292 e. The fraction of sp³-hybridized carbons (Fsp3) is 0.385. The highest BCUT2D eigenvalue weighted by Crippen LogP contribution is 2.12. The van der Waals surface area contributed by atoms with E-state index in [0.717, 1.165) is 23.1 Å². The van der Waals surface area contributed by atoms with Gasteiger partial charge in [0.15, 0.2) is 5.78 Å². The van der Waals surface area contributed by atoms with E-state index < -0.39 is 0 Å². The van der Waals surface area contributed by atoms with E-state index in [1.807, 2.05) is 26.8 Å². The third-order valence-corrected chi connectivity index (χ3v) is 2.26. The van der Waals surface area contributed by atoms with Gasteiger partial charge in [0.2, 0.25) is 0 Å². The van der Waals surface area contributed by atoms with Crippen molar-refractivity contribution in [3.05, 3.63) is 41.2 Å². The molecule has 1 aromatic heterocycles. The van der Waals surface area contributed by atoms with Crippen molar-refractivity contribution in [3.8, 4) is 0 Å². The zero-order valence-electron chi connectivity index (χ0n) is 9.63. The molecular weight excluding hydrogens is 186 g/mol. The van der Waals surface area contributed by atoms with Crippen molar-refractivity contribution in [3.63, 3.8) is 0 Å². The van der Waals surface area contributed by atoms with Crippen LogP contribution in [0.4, 0.5) is 0 Å². The van der Waals surface area contributed by atoms with Crippen molar-refractivity contribution >= 4 is 5.78 Å². The number of rotatable bonds is 4. The summed E-state index contributed by atoms with van der Waals surface area (Å²) in [5, 5.41) is 0. The van der Waals surface area contributed by atoms with Crippen LogP contribution in [0.25, 0.3) is 0 Å². The molecule has 0 fully saturated rings. The van der Waals surface area contributed by atoms with Crippen molar-refractivity contribution in [1.82, 2.24) is 4.98 Å². The van der Waals surface area contributed by atoms with Gasteiger partial charge in [-0.25, -0.2) is 0 Å². The quantitative estimate of drug-likeness (QED) is 0.555. The number of allylic oxidation sites excluding steroid dienone is 1. The van der Waals surface area contributed by atoms with Gasteiger partial charge in [-0.15, -0.1) is 6.58 Å². The van der Waals surface area contributed by atoms with Gasteiger partial charge in [0, 0.05) is 12.6 Å². The number of carbonyl (C=O) groups excluding carboxylic acids is 1. The smallest absolute Gasteiger partial charge is 0.181 e. The normalized spacial score (nSPS) is 10.1. The highest BCUT2D eigenvalue weighted by atomic mass is 16.1. The van der Waals surface area contributed by atoms with Crippen LogP contribution in [0.2, 0.25) is 0 Å².